The molecular formula is C11H16N2O4. The maximum absolute atomic E-state index is 11.8. The molecule has 0 saturated carbocycles. The summed E-state index contributed by atoms with van der Waals surface area (Å²) in [6.45, 7) is 1.80. The van der Waals surface area contributed by atoms with E-state index in [-0.39, 0.29) is 18.9 Å². The molecule has 17 heavy (non-hydrogen) atoms. The Morgan fingerprint density at radius 3 is 3.00 bits per heavy atom. The van der Waals surface area contributed by atoms with E-state index in [1.54, 1.807) is 6.20 Å². The number of aryl methyl sites for hydroxylation is 1. The van der Waals surface area contributed by atoms with Gasteiger partial charge in [0.15, 0.2) is 0 Å². The Balaban J connectivity index is 2.28. The number of methoxy groups -OCH3 is 1. The van der Waals surface area contributed by atoms with Crippen LogP contribution in [0.25, 0.3) is 0 Å². The van der Waals surface area contributed by atoms with Crippen LogP contribution in [0.2, 0.25) is 0 Å². The van der Waals surface area contributed by atoms with Gasteiger partial charge >= 0.3 is 5.69 Å². The molecule has 1 saturated heterocycles. The highest BCUT2D eigenvalue weighted by Gasteiger charge is 2.27. The Labute approximate surface area is 98.8 Å². The van der Waals surface area contributed by atoms with Gasteiger partial charge in [0, 0.05) is 11.8 Å². The van der Waals surface area contributed by atoms with Gasteiger partial charge in [0.1, 0.15) is 6.23 Å². The number of ether oxygens (including phenoxy) is 2. The van der Waals surface area contributed by atoms with Gasteiger partial charge in [-0.15, -0.1) is 0 Å². The molecular weight excluding hydrogens is 224 g/mol. The highest BCUT2D eigenvalue weighted by Crippen LogP contribution is 2.27. The molecule has 1 aromatic heterocycles. The van der Waals surface area contributed by atoms with Crippen LogP contribution < -0.4 is 10.4 Å². The van der Waals surface area contributed by atoms with Crippen molar-refractivity contribution >= 4 is 0 Å². The molecule has 2 rings (SSSR count). The third kappa shape index (κ3) is 2.32. The fourth-order valence-electron chi connectivity index (χ4n) is 1.99. The number of aromatic nitrogens is 2. The van der Waals surface area contributed by atoms with Gasteiger partial charge in [-0.2, -0.15) is 4.98 Å². The van der Waals surface area contributed by atoms with Crippen LogP contribution in [0.4, 0.5) is 0 Å². The van der Waals surface area contributed by atoms with Crippen LogP contribution in [0.3, 0.4) is 0 Å². The molecule has 6 heteroatoms. The molecule has 0 spiro atoms. The number of aliphatic hydroxyl groups is 1. The monoisotopic (exact) mass is 240 g/mol. The van der Waals surface area contributed by atoms with Crippen LogP contribution in [0, 0.1) is 6.92 Å². The summed E-state index contributed by atoms with van der Waals surface area (Å²) in [4.78, 5) is 15.6. The highest BCUT2D eigenvalue weighted by molar-refractivity contribution is 5.20. The molecule has 6 nitrogen and oxygen atoms in total. The normalized spacial score (nSPS) is 23.9. The van der Waals surface area contributed by atoms with Crippen LogP contribution in [0.5, 0.6) is 5.88 Å². The Kier molecular flexibility index (Phi) is 3.44. The van der Waals surface area contributed by atoms with Gasteiger partial charge in [-0.1, -0.05) is 0 Å². The molecule has 0 bridgehead atoms. The number of hydrogen-bond donors (Lipinski definition) is 1. The molecule has 0 unspecified atom stereocenters. The second-order valence-corrected chi connectivity index (χ2v) is 4.10. The fraction of sp³-hybridized carbons (Fsp3) is 0.636. The van der Waals surface area contributed by atoms with E-state index < -0.39 is 5.69 Å². The fourth-order valence-corrected chi connectivity index (χ4v) is 1.99. The van der Waals surface area contributed by atoms with E-state index in [1.165, 1.54) is 11.7 Å². The summed E-state index contributed by atoms with van der Waals surface area (Å²) >= 11 is 0. The van der Waals surface area contributed by atoms with Crippen molar-refractivity contribution in [3.05, 3.63) is 22.2 Å². The maximum Gasteiger partial charge on any atom is 0.352 e. The lowest BCUT2D eigenvalue weighted by molar-refractivity contribution is -0.0247. The Morgan fingerprint density at radius 1 is 1.65 bits per heavy atom. The predicted octanol–water partition coefficient (Wildman–Crippen LogP) is 0.230. The molecule has 0 radical (unpaired) electrons. The first kappa shape index (κ1) is 12.1. The average Bonchev–Trinajstić information content (AvgIpc) is 2.80. The van der Waals surface area contributed by atoms with Crippen molar-refractivity contribution in [1.29, 1.82) is 0 Å². The summed E-state index contributed by atoms with van der Waals surface area (Å²) in [7, 11) is 1.48. The van der Waals surface area contributed by atoms with E-state index in [4.69, 9.17) is 14.6 Å². The SMILES string of the molecule is COc1nc(=O)n([C@@H]2CC[C@@H](CO)O2)cc1C. The van der Waals surface area contributed by atoms with Crippen molar-refractivity contribution in [3.63, 3.8) is 0 Å². The van der Waals surface area contributed by atoms with Crippen LogP contribution in [0.1, 0.15) is 24.6 Å². The lowest BCUT2D eigenvalue weighted by atomic mass is 10.2. The van der Waals surface area contributed by atoms with Crippen LogP contribution in [0.15, 0.2) is 11.0 Å². The molecule has 1 aliphatic heterocycles. The predicted molar refractivity (Wildman–Crippen MR) is 60.0 cm³/mol. The van der Waals surface area contributed by atoms with Crippen molar-refractivity contribution in [2.75, 3.05) is 13.7 Å². The molecule has 1 fully saturated rings. The first-order valence-corrected chi connectivity index (χ1v) is 5.55. The van der Waals surface area contributed by atoms with E-state index in [0.29, 0.717) is 12.3 Å². The molecule has 1 aliphatic rings. The topological polar surface area (TPSA) is 73.6 Å². The zero-order valence-corrected chi connectivity index (χ0v) is 9.92. The van der Waals surface area contributed by atoms with Gasteiger partial charge in [-0.05, 0) is 19.8 Å². The first-order chi connectivity index (χ1) is 8.15. The Hall–Kier alpha value is -1.40. The third-order valence-corrected chi connectivity index (χ3v) is 2.88. The van der Waals surface area contributed by atoms with E-state index in [1.807, 2.05) is 6.92 Å². The van der Waals surface area contributed by atoms with Gasteiger partial charge in [0.2, 0.25) is 5.88 Å². The van der Waals surface area contributed by atoms with Gasteiger partial charge in [0.05, 0.1) is 19.8 Å². The van der Waals surface area contributed by atoms with Crippen molar-refractivity contribution in [2.24, 2.45) is 0 Å². The van der Waals surface area contributed by atoms with Crippen molar-refractivity contribution < 1.29 is 14.6 Å². The zero-order chi connectivity index (χ0) is 12.4. The maximum atomic E-state index is 11.8. The van der Waals surface area contributed by atoms with Gasteiger partial charge in [0.25, 0.3) is 0 Å². The smallest absolute Gasteiger partial charge is 0.352 e. The minimum absolute atomic E-state index is 0.0200. The quantitative estimate of drug-likeness (QED) is 0.818. The summed E-state index contributed by atoms with van der Waals surface area (Å²) in [6, 6.07) is 0. The lowest BCUT2D eigenvalue weighted by Gasteiger charge is -2.15. The average molecular weight is 240 g/mol. The minimum Gasteiger partial charge on any atom is -0.481 e. The zero-order valence-electron chi connectivity index (χ0n) is 9.92. The molecule has 2 heterocycles. The van der Waals surface area contributed by atoms with Crippen molar-refractivity contribution in [3.8, 4) is 5.88 Å². The molecule has 0 amide bonds. The minimum atomic E-state index is -0.393. The van der Waals surface area contributed by atoms with E-state index >= 15 is 0 Å². The largest absolute Gasteiger partial charge is 0.481 e. The van der Waals surface area contributed by atoms with Crippen molar-refractivity contribution in [2.45, 2.75) is 32.1 Å². The van der Waals surface area contributed by atoms with Crippen LogP contribution >= 0.6 is 0 Å². The van der Waals surface area contributed by atoms with Crippen LogP contribution in [-0.2, 0) is 4.74 Å². The Morgan fingerprint density at radius 2 is 2.41 bits per heavy atom. The summed E-state index contributed by atoms with van der Waals surface area (Å²) in [5, 5.41) is 8.99. The second-order valence-electron chi connectivity index (χ2n) is 4.10. The second kappa shape index (κ2) is 4.85. The highest BCUT2D eigenvalue weighted by atomic mass is 16.5. The summed E-state index contributed by atoms with van der Waals surface area (Å²) in [6.07, 6.45) is 2.61. The first-order valence-electron chi connectivity index (χ1n) is 5.55. The van der Waals surface area contributed by atoms with E-state index in [0.717, 1.165) is 12.0 Å². The number of nitrogens with zero attached hydrogens (tertiary/aromatic N) is 2. The number of hydrogen-bond acceptors (Lipinski definition) is 5. The molecule has 94 valence electrons. The molecule has 2 atom stereocenters. The van der Waals surface area contributed by atoms with E-state index in [9.17, 15) is 4.79 Å². The summed E-state index contributed by atoms with van der Waals surface area (Å²) in [5.74, 6) is 0.336. The van der Waals surface area contributed by atoms with Gasteiger partial charge < -0.3 is 14.6 Å². The molecule has 1 N–H and O–H groups in total. The Bertz CT molecular complexity index is 457. The van der Waals surface area contributed by atoms with Gasteiger partial charge in [-0.3, -0.25) is 4.57 Å². The number of rotatable bonds is 3. The number of aliphatic hydroxyl groups excluding tert-OH is 1. The van der Waals surface area contributed by atoms with Crippen molar-refractivity contribution in [1.82, 2.24) is 9.55 Å². The standard InChI is InChI=1S/C11H16N2O4/c1-7-5-13(11(15)12-10(7)16-2)9-4-3-8(6-14)17-9/h5,8-9,14H,3-4,6H2,1-2H3/t8-,9-/m0/s1. The summed E-state index contributed by atoms with van der Waals surface area (Å²) in [5.41, 5.74) is 0.388. The van der Waals surface area contributed by atoms with Crippen LogP contribution in [-0.4, -0.2) is 34.5 Å². The third-order valence-electron chi connectivity index (χ3n) is 2.88. The van der Waals surface area contributed by atoms with E-state index in [2.05, 4.69) is 4.98 Å². The molecule has 0 aromatic carbocycles. The molecule has 0 aliphatic carbocycles. The lowest BCUT2D eigenvalue weighted by Crippen LogP contribution is -2.28. The molecule has 1 aromatic rings. The summed E-state index contributed by atoms with van der Waals surface area (Å²) < 4.78 is 12.0. The van der Waals surface area contributed by atoms with Gasteiger partial charge in [-0.25, -0.2) is 4.79 Å².